The molecule has 0 aliphatic rings. The number of halogens is 2. The predicted octanol–water partition coefficient (Wildman–Crippen LogP) is 2.31. The van der Waals surface area contributed by atoms with E-state index in [1.165, 1.54) is 4.57 Å². The van der Waals surface area contributed by atoms with Crippen LogP contribution in [0.3, 0.4) is 0 Å². The van der Waals surface area contributed by atoms with Crippen LogP contribution in [-0.2, 0) is 12.4 Å². The molecule has 3 rings (SSSR count). The molecule has 0 fully saturated rings. The molecule has 3 N–H and O–H groups in total. The third-order valence-electron chi connectivity index (χ3n) is 3.42. The summed E-state index contributed by atoms with van der Waals surface area (Å²) in [5.41, 5.74) is 8.39. The number of nitrogen functional groups attached to an aromatic ring is 1. The molecule has 0 saturated heterocycles. The molecule has 0 spiro atoms. The minimum Gasteiger partial charge on any atom is -0.464 e. The highest BCUT2D eigenvalue weighted by molar-refractivity contribution is 6.17. The molecule has 2 heterocycles. The van der Waals surface area contributed by atoms with E-state index in [4.69, 9.17) is 22.1 Å². The number of ether oxygens (including phenoxy) is 1. The first-order valence-electron chi connectivity index (χ1n) is 7.15. The Bertz CT molecular complexity index is 889. The van der Waals surface area contributed by atoms with Gasteiger partial charge in [0.1, 0.15) is 5.52 Å². The molecule has 0 radical (unpaired) electrons. The van der Waals surface area contributed by atoms with Gasteiger partial charge < -0.3 is 15.5 Å². The Hall–Kier alpha value is -2.25. The van der Waals surface area contributed by atoms with Crippen LogP contribution >= 0.6 is 24.0 Å². The van der Waals surface area contributed by atoms with Crippen molar-refractivity contribution in [2.24, 2.45) is 0 Å². The van der Waals surface area contributed by atoms with Crippen molar-refractivity contribution in [3.8, 4) is 6.01 Å². The summed E-state index contributed by atoms with van der Waals surface area (Å²) in [7, 11) is 0. The van der Waals surface area contributed by atoms with Crippen molar-refractivity contribution in [2.45, 2.75) is 19.3 Å². The lowest BCUT2D eigenvalue weighted by molar-refractivity contribution is 0.314. The molecule has 0 aliphatic carbocycles. The van der Waals surface area contributed by atoms with Gasteiger partial charge in [0, 0.05) is 5.88 Å². The van der Waals surface area contributed by atoms with E-state index in [1.54, 1.807) is 0 Å². The molecular formula is C15H17Cl2N5O2. The summed E-state index contributed by atoms with van der Waals surface area (Å²) in [6.07, 6.45) is 0. The van der Waals surface area contributed by atoms with Crippen molar-refractivity contribution >= 4 is 41.0 Å². The number of rotatable bonds is 5. The van der Waals surface area contributed by atoms with E-state index < -0.39 is 0 Å². The summed E-state index contributed by atoms with van der Waals surface area (Å²) >= 11 is 5.78. The summed E-state index contributed by atoms with van der Waals surface area (Å²) in [4.78, 5) is 23.2. The molecule has 0 bridgehead atoms. The van der Waals surface area contributed by atoms with Gasteiger partial charge in [-0.3, -0.25) is 4.57 Å². The second-order valence-corrected chi connectivity index (χ2v) is 5.26. The van der Waals surface area contributed by atoms with Gasteiger partial charge in [0.2, 0.25) is 0 Å². The highest BCUT2D eigenvalue weighted by atomic mass is 35.5. The lowest BCUT2D eigenvalue weighted by Crippen LogP contribution is -2.17. The number of fused-ring (bicyclic) bond motifs is 1. The third kappa shape index (κ3) is 3.47. The summed E-state index contributed by atoms with van der Waals surface area (Å²) < 4.78 is 6.80. The van der Waals surface area contributed by atoms with Crippen molar-refractivity contribution in [1.82, 2.24) is 19.5 Å². The zero-order chi connectivity index (χ0) is 16.4. The number of imidazole rings is 1. The van der Waals surface area contributed by atoms with Gasteiger partial charge in [-0.25, -0.2) is 4.79 Å². The fourth-order valence-corrected chi connectivity index (χ4v) is 2.47. The lowest BCUT2D eigenvalue weighted by Gasteiger charge is -2.06. The normalized spacial score (nSPS) is 10.6. The smallest absolute Gasteiger partial charge is 0.328 e. The summed E-state index contributed by atoms with van der Waals surface area (Å²) in [6, 6.07) is 7.87. The summed E-state index contributed by atoms with van der Waals surface area (Å²) in [6.45, 7) is 2.61. The van der Waals surface area contributed by atoms with Gasteiger partial charge >= 0.3 is 11.7 Å². The van der Waals surface area contributed by atoms with Gasteiger partial charge in [-0.15, -0.1) is 24.0 Å². The predicted molar refractivity (Wildman–Crippen MR) is 96.1 cm³/mol. The molecule has 128 valence electrons. The first-order valence-corrected chi connectivity index (χ1v) is 7.68. The first-order chi connectivity index (χ1) is 11.1. The largest absolute Gasteiger partial charge is 0.464 e. The highest BCUT2D eigenvalue weighted by Crippen LogP contribution is 2.18. The quantitative estimate of drug-likeness (QED) is 0.672. The fourth-order valence-electron chi connectivity index (χ4n) is 2.29. The van der Waals surface area contributed by atoms with Crippen LogP contribution in [0.1, 0.15) is 18.1 Å². The molecule has 2 aromatic heterocycles. The number of alkyl halides is 1. The number of hydrogen-bond donors (Lipinski definition) is 2. The summed E-state index contributed by atoms with van der Waals surface area (Å²) in [5, 5.41) is 0. The molecule has 0 saturated carbocycles. The zero-order valence-corrected chi connectivity index (χ0v) is 14.5. The highest BCUT2D eigenvalue weighted by Gasteiger charge is 2.14. The van der Waals surface area contributed by atoms with E-state index in [-0.39, 0.29) is 29.9 Å². The molecule has 0 atom stereocenters. The Labute approximate surface area is 149 Å². The van der Waals surface area contributed by atoms with E-state index in [0.717, 1.165) is 11.1 Å². The Morgan fingerprint density at radius 2 is 1.92 bits per heavy atom. The fraction of sp³-hybridized carbons (Fsp3) is 0.267. The maximum atomic E-state index is 12.2. The van der Waals surface area contributed by atoms with Gasteiger partial charge in [-0.05, 0) is 18.1 Å². The number of nitrogens with zero attached hydrogens (tertiary/aromatic N) is 3. The molecule has 0 unspecified atom stereocenters. The SMILES string of the molecule is CCOc1nc(N)c2[nH]c(=O)n(Cc3ccc(CCl)cc3)c2n1.Cl. The number of H-pyrrole nitrogens is 1. The average Bonchev–Trinajstić information content (AvgIpc) is 2.86. The van der Waals surface area contributed by atoms with Crippen LogP contribution in [0.4, 0.5) is 5.82 Å². The Morgan fingerprint density at radius 1 is 1.25 bits per heavy atom. The number of nitrogens with one attached hydrogen (secondary N) is 1. The van der Waals surface area contributed by atoms with Crippen LogP contribution in [-0.4, -0.2) is 26.1 Å². The van der Waals surface area contributed by atoms with Crippen molar-refractivity contribution in [3.05, 3.63) is 45.9 Å². The topological polar surface area (TPSA) is 98.8 Å². The molecule has 0 amide bonds. The molecule has 9 heteroatoms. The van der Waals surface area contributed by atoms with Crippen LogP contribution < -0.4 is 16.2 Å². The van der Waals surface area contributed by atoms with Gasteiger partial charge in [-0.2, -0.15) is 9.97 Å². The van der Waals surface area contributed by atoms with Gasteiger partial charge in [0.15, 0.2) is 11.5 Å². The van der Waals surface area contributed by atoms with Crippen LogP contribution in [0.15, 0.2) is 29.1 Å². The monoisotopic (exact) mass is 369 g/mol. The zero-order valence-electron chi connectivity index (χ0n) is 13.0. The number of aromatic amines is 1. The molecular weight excluding hydrogens is 353 g/mol. The Kier molecular flexibility index (Phi) is 5.69. The average molecular weight is 370 g/mol. The van der Waals surface area contributed by atoms with Crippen molar-refractivity contribution in [1.29, 1.82) is 0 Å². The Balaban J connectivity index is 0.00000208. The van der Waals surface area contributed by atoms with Crippen molar-refractivity contribution in [3.63, 3.8) is 0 Å². The molecule has 1 aromatic carbocycles. The number of nitrogens with two attached hydrogens (primary N) is 1. The van der Waals surface area contributed by atoms with Crippen LogP contribution in [0, 0.1) is 0 Å². The second kappa shape index (κ2) is 7.55. The van der Waals surface area contributed by atoms with Gasteiger partial charge in [-0.1, -0.05) is 24.3 Å². The minimum atomic E-state index is -0.295. The van der Waals surface area contributed by atoms with Crippen LogP contribution in [0.25, 0.3) is 11.2 Å². The van der Waals surface area contributed by atoms with E-state index >= 15 is 0 Å². The molecule has 24 heavy (non-hydrogen) atoms. The standard InChI is InChI=1S/C15H16ClN5O2.ClH/c1-2-23-14-19-12(17)11-13(20-14)21(15(22)18-11)8-10-5-3-9(7-16)4-6-10;/h3-6H,2,7-8H2,1H3,(H,18,22)(H2,17,19,20);1H. The maximum Gasteiger partial charge on any atom is 0.328 e. The van der Waals surface area contributed by atoms with Gasteiger partial charge in [0.25, 0.3) is 0 Å². The minimum absolute atomic E-state index is 0. The van der Waals surface area contributed by atoms with E-state index in [9.17, 15) is 4.79 Å². The second-order valence-electron chi connectivity index (χ2n) is 4.99. The maximum absolute atomic E-state index is 12.2. The first kappa shape index (κ1) is 18.1. The van der Waals surface area contributed by atoms with Crippen molar-refractivity contribution < 1.29 is 4.74 Å². The van der Waals surface area contributed by atoms with Crippen LogP contribution in [0.5, 0.6) is 6.01 Å². The van der Waals surface area contributed by atoms with E-state index in [0.29, 0.717) is 30.2 Å². The number of aromatic nitrogens is 4. The third-order valence-corrected chi connectivity index (χ3v) is 3.73. The van der Waals surface area contributed by atoms with Gasteiger partial charge in [0.05, 0.1) is 13.2 Å². The number of hydrogen-bond acceptors (Lipinski definition) is 5. The van der Waals surface area contributed by atoms with E-state index in [2.05, 4.69) is 15.0 Å². The van der Waals surface area contributed by atoms with E-state index in [1.807, 2.05) is 31.2 Å². The number of anilines is 1. The molecule has 0 aliphatic heterocycles. The Morgan fingerprint density at radius 3 is 2.54 bits per heavy atom. The lowest BCUT2D eigenvalue weighted by atomic mass is 10.1. The molecule has 3 aromatic rings. The van der Waals surface area contributed by atoms with Crippen LogP contribution in [0.2, 0.25) is 0 Å². The summed E-state index contributed by atoms with van der Waals surface area (Å²) in [5.74, 6) is 0.640. The number of benzene rings is 1. The molecule has 7 nitrogen and oxygen atoms in total. The van der Waals surface area contributed by atoms with Crippen molar-refractivity contribution in [2.75, 3.05) is 12.3 Å².